The molecule has 0 bridgehead atoms. The third-order valence-electron chi connectivity index (χ3n) is 3.46. The Morgan fingerprint density at radius 3 is 2.19 bits per heavy atom. The van der Waals surface area contributed by atoms with E-state index in [-0.39, 0.29) is 0 Å². The van der Waals surface area contributed by atoms with Crippen molar-refractivity contribution in [3.63, 3.8) is 0 Å². The van der Waals surface area contributed by atoms with Crippen molar-refractivity contribution in [3.05, 3.63) is 57.7 Å². The molecular weight excluding hydrogens is 328 g/mol. The van der Waals surface area contributed by atoms with Crippen molar-refractivity contribution in [2.75, 3.05) is 0 Å². The lowest BCUT2D eigenvalue weighted by atomic mass is 10.1. The lowest BCUT2D eigenvalue weighted by Crippen LogP contribution is -1.96. The molecule has 0 amide bonds. The van der Waals surface area contributed by atoms with Crippen LogP contribution in [0.2, 0.25) is 0 Å². The van der Waals surface area contributed by atoms with E-state index < -0.39 is 0 Å². The smallest absolute Gasteiger partial charge is 0.246 e. The summed E-state index contributed by atoms with van der Waals surface area (Å²) in [6, 6.07) is 12.0. The van der Waals surface area contributed by atoms with Crippen LogP contribution in [0.15, 0.2) is 40.9 Å². The molecule has 21 heavy (non-hydrogen) atoms. The predicted molar refractivity (Wildman–Crippen MR) is 88.0 cm³/mol. The number of benzene rings is 2. The predicted octanol–water partition coefficient (Wildman–Crippen LogP) is 5.11. The fourth-order valence-electron chi connectivity index (χ4n) is 2.37. The molecule has 1 heterocycles. The van der Waals surface area contributed by atoms with Gasteiger partial charge in [-0.2, -0.15) is 5.10 Å². The summed E-state index contributed by atoms with van der Waals surface area (Å²) >= 11 is 3.56. The molecule has 3 nitrogen and oxygen atoms in total. The van der Waals surface area contributed by atoms with Crippen LogP contribution in [0.3, 0.4) is 0 Å². The minimum atomic E-state index is 0.539. The highest BCUT2D eigenvalue weighted by molar-refractivity contribution is 9.10. The summed E-state index contributed by atoms with van der Waals surface area (Å²) < 4.78 is 7.08. The van der Waals surface area contributed by atoms with Gasteiger partial charge in [0.25, 0.3) is 0 Å². The van der Waals surface area contributed by atoms with Crippen LogP contribution in [0.25, 0.3) is 10.8 Å². The quantitative estimate of drug-likeness (QED) is 0.649. The molecule has 1 aromatic heterocycles. The minimum absolute atomic E-state index is 0.539. The molecule has 0 atom stereocenters. The van der Waals surface area contributed by atoms with E-state index in [4.69, 9.17) is 4.74 Å². The highest BCUT2D eigenvalue weighted by Gasteiger charge is 2.10. The van der Waals surface area contributed by atoms with Gasteiger partial charge in [-0.3, -0.25) is 0 Å². The van der Waals surface area contributed by atoms with Crippen LogP contribution in [-0.2, 0) is 0 Å². The van der Waals surface area contributed by atoms with E-state index in [9.17, 15) is 0 Å². The number of nitrogens with zero attached hydrogens (tertiary/aromatic N) is 2. The van der Waals surface area contributed by atoms with Gasteiger partial charge < -0.3 is 4.74 Å². The number of fused-ring (bicyclic) bond motifs is 1. The fourth-order valence-corrected chi connectivity index (χ4v) is 2.59. The maximum Gasteiger partial charge on any atom is 0.246 e. The monoisotopic (exact) mass is 342 g/mol. The fraction of sp³-hybridized carbons (Fsp3) is 0.176. The van der Waals surface area contributed by atoms with E-state index >= 15 is 0 Å². The van der Waals surface area contributed by atoms with Crippen molar-refractivity contribution in [1.29, 1.82) is 0 Å². The number of rotatable bonds is 2. The summed E-state index contributed by atoms with van der Waals surface area (Å²) in [7, 11) is 0. The van der Waals surface area contributed by atoms with Crippen molar-refractivity contribution in [3.8, 4) is 11.6 Å². The van der Waals surface area contributed by atoms with Crippen LogP contribution in [0.1, 0.15) is 16.8 Å². The van der Waals surface area contributed by atoms with Gasteiger partial charge in [-0.1, -0.05) is 34.1 Å². The molecular formula is C17H15BrN2O. The number of aryl methyl sites for hydroxylation is 3. The van der Waals surface area contributed by atoms with Gasteiger partial charge in [0.2, 0.25) is 5.88 Å². The first-order valence-electron chi connectivity index (χ1n) is 6.73. The average molecular weight is 343 g/mol. The van der Waals surface area contributed by atoms with Gasteiger partial charge in [0.05, 0.1) is 5.69 Å². The van der Waals surface area contributed by atoms with E-state index in [2.05, 4.69) is 26.1 Å². The molecule has 0 unspecified atom stereocenters. The van der Waals surface area contributed by atoms with Crippen LogP contribution >= 0.6 is 15.9 Å². The normalized spacial score (nSPS) is 10.9. The molecule has 0 aliphatic heterocycles. The SMILES string of the molecule is Cc1cc(Oc2nnc(C)c3ccccc23)cc(C)c1Br. The van der Waals surface area contributed by atoms with Gasteiger partial charge in [0, 0.05) is 15.2 Å². The molecule has 0 aliphatic rings. The Labute approximate surface area is 132 Å². The Bertz CT molecular complexity index is 807. The van der Waals surface area contributed by atoms with Gasteiger partial charge in [-0.25, -0.2) is 0 Å². The van der Waals surface area contributed by atoms with E-state index in [1.807, 2.05) is 57.2 Å². The molecule has 0 saturated carbocycles. The lowest BCUT2D eigenvalue weighted by Gasteiger charge is -2.11. The third kappa shape index (κ3) is 2.63. The van der Waals surface area contributed by atoms with Crippen molar-refractivity contribution >= 4 is 26.7 Å². The average Bonchev–Trinajstić information content (AvgIpc) is 2.48. The summed E-state index contributed by atoms with van der Waals surface area (Å²) in [5.74, 6) is 1.31. The number of aromatic nitrogens is 2. The summed E-state index contributed by atoms with van der Waals surface area (Å²) in [5.41, 5.74) is 3.17. The molecule has 0 radical (unpaired) electrons. The Kier molecular flexibility index (Phi) is 3.64. The highest BCUT2D eigenvalue weighted by atomic mass is 79.9. The second kappa shape index (κ2) is 5.45. The van der Waals surface area contributed by atoms with Crippen LogP contribution < -0.4 is 4.74 Å². The second-order valence-electron chi connectivity index (χ2n) is 5.11. The molecule has 0 aliphatic carbocycles. The van der Waals surface area contributed by atoms with Crippen molar-refractivity contribution in [2.45, 2.75) is 20.8 Å². The maximum atomic E-state index is 5.97. The van der Waals surface area contributed by atoms with Crippen molar-refractivity contribution in [1.82, 2.24) is 10.2 Å². The van der Waals surface area contributed by atoms with Gasteiger partial charge >= 0.3 is 0 Å². The minimum Gasteiger partial charge on any atom is -0.437 e. The number of hydrogen-bond acceptors (Lipinski definition) is 3. The Balaban J connectivity index is 2.09. The van der Waals surface area contributed by atoms with Gasteiger partial charge in [0.15, 0.2) is 0 Å². The van der Waals surface area contributed by atoms with Gasteiger partial charge in [-0.15, -0.1) is 5.10 Å². The van der Waals surface area contributed by atoms with Gasteiger partial charge in [-0.05, 0) is 50.1 Å². The molecule has 0 saturated heterocycles. The summed E-state index contributed by atoms with van der Waals surface area (Å²) in [5, 5.41) is 10.4. The summed E-state index contributed by atoms with van der Waals surface area (Å²) in [6.45, 7) is 6.04. The number of ether oxygens (including phenoxy) is 1. The van der Waals surface area contributed by atoms with Crippen LogP contribution in [-0.4, -0.2) is 10.2 Å². The van der Waals surface area contributed by atoms with E-state index in [1.165, 1.54) is 0 Å². The molecule has 106 valence electrons. The molecule has 3 aromatic rings. The zero-order chi connectivity index (χ0) is 15.0. The first-order chi connectivity index (χ1) is 10.1. The van der Waals surface area contributed by atoms with E-state index in [0.29, 0.717) is 5.88 Å². The van der Waals surface area contributed by atoms with E-state index in [1.54, 1.807) is 0 Å². The second-order valence-corrected chi connectivity index (χ2v) is 5.90. The first-order valence-corrected chi connectivity index (χ1v) is 7.52. The van der Waals surface area contributed by atoms with Crippen molar-refractivity contribution in [2.24, 2.45) is 0 Å². The Hall–Kier alpha value is -1.94. The molecule has 0 fully saturated rings. The Morgan fingerprint density at radius 2 is 1.52 bits per heavy atom. The molecule has 2 aromatic carbocycles. The number of halogens is 1. The third-order valence-corrected chi connectivity index (χ3v) is 4.71. The summed E-state index contributed by atoms with van der Waals surface area (Å²) in [6.07, 6.45) is 0. The largest absolute Gasteiger partial charge is 0.437 e. The molecule has 4 heteroatoms. The molecule has 0 spiro atoms. The standard InChI is InChI=1S/C17H15BrN2O/c1-10-8-13(9-11(2)16(10)18)21-17-15-7-5-4-6-14(15)12(3)19-20-17/h4-9H,1-3H3. The highest BCUT2D eigenvalue weighted by Crippen LogP contribution is 2.32. The topological polar surface area (TPSA) is 35.0 Å². The van der Waals surface area contributed by atoms with Gasteiger partial charge in [0.1, 0.15) is 5.75 Å². The van der Waals surface area contributed by atoms with Crippen LogP contribution in [0, 0.1) is 20.8 Å². The zero-order valence-electron chi connectivity index (χ0n) is 12.1. The van der Waals surface area contributed by atoms with E-state index in [0.717, 1.165) is 37.8 Å². The first kappa shape index (κ1) is 14.0. The van der Waals surface area contributed by atoms with Crippen LogP contribution in [0.4, 0.5) is 0 Å². The van der Waals surface area contributed by atoms with Crippen LogP contribution in [0.5, 0.6) is 11.6 Å². The Morgan fingerprint density at radius 1 is 0.905 bits per heavy atom. The zero-order valence-corrected chi connectivity index (χ0v) is 13.7. The molecule has 3 rings (SSSR count). The lowest BCUT2D eigenvalue weighted by molar-refractivity contribution is 0.460. The molecule has 0 N–H and O–H groups in total. The maximum absolute atomic E-state index is 5.97. The number of hydrogen-bond donors (Lipinski definition) is 0. The summed E-state index contributed by atoms with van der Waals surface area (Å²) in [4.78, 5) is 0. The van der Waals surface area contributed by atoms with Crippen molar-refractivity contribution < 1.29 is 4.74 Å².